The molecule has 154 valence electrons. The highest BCUT2D eigenvalue weighted by Gasteiger charge is 2.31. The Morgan fingerprint density at radius 2 is 1.76 bits per heavy atom. The third-order valence-electron chi connectivity index (χ3n) is 5.56. The second kappa shape index (κ2) is 7.68. The molecule has 1 saturated heterocycles. The molecule has 1 aliphatic heterocycles. The van der Waals surface area contributed by atoms with Gasteiger partial charge in [0, 0.05) is 36.3 Å². The summed E-state index contributed by atoms with van der Waals surface area (Å²) in [5, 5.41) is 0.867. The van der Waals surface area contributed by atoms with E-state index in [0.29, 0.717) is 37.4 Å². The minimum atomic E-state index is -3.63. The highest BCUT2D eigenvalue weighted by atomic mass is 32.2. The van der Waals surface area contributed by atoms with Crippen LogP contribution in [0, 0.1) is 5.82 Å². The van der Waals surface area contributed by atoms with E-state index < -0.39 is 10.0 Å². The fourth-order valence-electron chi connectivity index (χ4n) is 3.99. The Hall–Kier alpha value is -2.58. The number of aromatic amines is 1. The number of piperidine rings is 1. The fraction of sp³-hybridized carbons (Fsp3) is 0.333. The Balaban J connectivity index is 1.53. The first-order valence-corrected chi connectivity index (χ1v) is 10.9. The van der Waals surface area contributed by atoms with Gasteiger partial charge in [-0.05, 0) is 54.7 Å². The van der Waals surface area contributed by atoms with Crippen molar-refractivity contribution in [1.82, 2.24) is 9.29 Å². The van der Waals surface area contributed by atoms with E-state index in [1.54, 1.807) is 12.1 Å². The molecule has 0 spiro atoms. The maximum atomic E-state index is 13.7. The highest BCUT2D eigenvalue weighted by molar-refractivity contribution is 7.89. The van der Waals surface area contributed by atoms with E-state index in [2.05, 4.69) is 4.98 Å². The molecule has 29 heavy (non-hydrogen) atoms. The van der Waals surface area contributed by atoms with Gasteiger partial charge in [-0.1, -0.05) is 0 Å². The largest absolute Gasteiger partial charge is 0.493 e. The van der Waals surface area contributed by atoms with Gasteiger partial charge < -0.3 is 14.5 Å². The zero-order valence-corrected chi connectivity index (χ0v) is 17.1. The lowest BCUT2D eigenvalue weighted by molar-refractivity contribution is 0.319. The van der Waals surface area contributed by atoms with Crippen LogP contribution in [-0.4, -0.2) is 45.0 Å². The SMILES string of the molecule is COc1ccc(S(=O)(=O)N2CCC(c3c[nH]c4ccc(F)cc34)CC2)cc1OC. The normalized spacial score (nSPS) is 16.2. The van der Waals surface area contributed by atoms with Gasteiger partial charge in [0.2, 0.25) is 10.0 Å². The van der Waals surface area contributed by atoms with Crippen LogP contribution in [0.4, 0.5) is 4.39 Å². The molecule has 1 fully saturated rings. The van der Waals surface area contributed by atoms with Gasteiger partial charge in [0.05, 0.1) is 19.1 Å². The number of methoxy groups -OCH3 is 2. The van der Waals surface area contributed by atoms with E-state index >= 15 is 0 Å². The van der Waals surface area contributed by atoms with E-state index in [-0.39, 0.29) is 16.6 Å². The number of ether oxygens (including phenoxy) is 2. The second-order valence-electron chi connectivity index (χ2n) is 7.13. The number of H-pyrrole nitrogens is 1. The molecule has 2 aromatic carbocycles. The summed E-state index contributed by atoms with van der Waals surface area (Å²) in [5.41, 5.74) is 1.93. The van der Waals surface area contributed by atoms with Crippen molar-refractivity contribution in [3.8, 4) is 11.5 Å². The molecular weight excluding hydrogens is 395 g/mol. The molecule has 0 unspecified atom stereocenters. The van der Waals surface area contributed by atoms with Gasteiger partial charge in [-0.25, -0.2) is 12.8 Å². The minimum absolute atomic E-state index is 0.183. The Morgan fingerprint density at radius 1 is 1.03 bits per heavy atom. The number of benzene rings is 2. The molecule has 1 aromatic heterocycles. The lowest BCUT2D eigenvalue weighted by atomic mass is 9.90. The number of fused-ring (bicyclic) bond motifs is 1. The first-order chi connectivity index (χ1) is 13.9. The Bertz CT molecular complexity index is 1130. The van der Waals surface area contributed by atoms with E-state index in [1.165, 1.54) is 42.8 Å². The van der Waals surface area contributed by atoms with Crippen LogP contribution < -0.4 is 9.47 Å². The van der Waals surface area contributed by atoms with Gasteiger partial charge >= 0.3 is 0 Å². The van der Waals surface area contributed by atoms with Crippen molar-refractivity contribution in [2.75, 3.05) is 27.3 Å². The summed E-state index contributed by atoms with van der Waals surface area (Å²) in [7, 11) is -0.648. The Morgan fingerprint density at radius 3 is 2.45 bits per heavy atom. The molecular formula is C21H23FN2O4S. The number of nitrogens with zero attached hydrogens (tertiary/aromatic N) is 1. The van der Waals surface area contributed by atoms with Crippen LogP contribution in [0.3, 0.4) is 0 Å². The van der Waals surface area contributed by atoms with E-state index in [1.807, 2.05) is 6.20 Å². The van der Waals surface area contributed by atoms with Crippen LogP contribution in [-0.2, 0) is 10.0 Å². The molecule has 0 atom stereocenters. The number of aromatic nitrogens is 1. The highest BCUT2D eigenvalue weighted by Crippen LogP contribution is 2.36. The van der Waals surface area contributed by atoms with Gasteiger partial charge in [0.15, 0.2) is 11.5 Å². The topological polar surface area (TPSA) is 71.6 Å². The van der Waals surface area contributed by atoms with Crippen LogP contribution in [0.15, 0.2) is 47.5 Å². The number of nitrogens with one attached hydrogen (secondary N) is 1. The minimum Gasteiger partial charge on any atom is -0.493 e. The molecule has 0 aliphatic carbocycles. The monoisotopic (exact) mass is 418 g/mol. The van der Waals surface area contributed by atoms with Crippen molar-refractivity contribution in [3.63, 3.8) is 0 Å². The van der Waals surface area contributed by atoms with Gasteiger partial charge in [-0.2, -0.15) is 4.31 Å². The smallest absolute Gasteiger partial charge is 0.243 e. The van der Waals surface area contributed by atoms with Crippen molar-refractivity contribution < 1.29 is 22.3 Å². The number of hydrogen-bond acceptors (Lipinski definition) is 4. The number of hydrogen-bond donors (Lipinski definition) is 1. The van der Waals surface area contributed by atoms with Gasteiger partial charge in [-0.3, -0.25) is 0 Å². The van der Waals surface area contributed by atoms with Crippen LogP contribution in [0.2, 0.25) is 0 Å². The van der Waals surface area contributed by atoms with Gasteiger partial charge in [-0.15, -0.1) is 0 Å². The van der Waals surface area contributed by atoms with E-state index in [0.717, 1.165) is 16.5 Å². The number of sulfonamides is 1. The summed E-state index contributed by atoms with van der Waals surface area (Å²) in [4.78, 5) is 3.36. The van der Waals surface area contributed by atoms with Crippen LogP contribution >= 0.6 is 0 Å². The molecule has 6 nitrogen and oxygen atoms in total. The van der Waals surface area contributed by atoms with Gasteiger partial charge in [0.25, 0.3) is 0 Å². The van der Waals surface area contributed by atoms with E-state index in [9.17, 15) is 12.8 Å². The summed E-state index contributed by atoms with van der Waals surface area (Å²) in [6, 6.07) is 9.31. The van der Waals surface area contributed by atoms with E-state index in [4.69, 9.17) is 9.47 Å². The van der Waals surface area contributed by atoms with Crippen molar-refractivity contribution >= 4 is 20.9 Å². The molecule has 8 heteroatoms. The molecule has 1 N–H and O–H groups in total. The molecule has 0 radical (unpaired) electrons. The number of rotatable bonds is 5. The maximum absolute atomic E-state index is 13.7. The zero-order chi connectivity index (χ0) is 20.6. The average Bonchev–Trinajstić information content (AvgIpc) is 3.16. The molecule has 0 bridgehead atoms. The van der Waals surface area contributed by atoms with Crippen molar-refractivity contribution in [1.29, 1.82) is 0 Å². The van der Waals surface area contributed by atoms with Crippen LogP contribution in [0.25, 0.3) is 10.9 Å². The number of halogens is 1. The third-order valence-corrected chi connectivity index (χ3v) is 7.46. The standard InChI is InChI=1S/C21H23FN2O4S/c1-27-20-6-4-16(12-21(20)28-2)29(25,26)24-9-7-14(8-10-24)18-13-23-19-5-3-15(22)11-17(18)19/h3-6,11-14,23H,7-10H2,1-2H3. The molecule has 3 aromatic rings. The summed E-state index contributed by atoms with van der Waals surface area (Å²) in [5.74, 6) is 0.773. The predicted molar refractivity (Wildman–Crippen MR) is 109 cm³/mol. The van der Waals surface area contributed by atoms with Crippen molar-refractivity contribution in [2.24, 2.45) is 0 Å². The lowest BCUT2D eigenvalue weighted by Crippen LogP contribution is -2.37. The summed E-state index contributed by atoms with van der Waals surface area (Å²) in [6.45, 7) is 0.812. The fourth-order valence-corrected chi connectivity index (χ4v) is 5.47. The summed E-state index contributed by atoms with van der Waals surface area (Å²) in [6.07, 6.45) is 3.26. The first kappa shape index (κ1) is 19.7. The Kier molecular flexibility index (Phi) is 5.23. The molecule has 4 rings (SSSR count). The molecule has 1 aliphatic rings. The lowest BCUT2D eigenvalue weighted by Gasteiger charge is -2.31. The van der Waals surface area contributed by atoms with Crippen LogP contribution in [0.1, 0.15) is 24.3 Å². The maximum Gasteiger partial charge on any atom is 0.243 e. The zero-order valence-electron chi connectivity index (χ0n) is 16.3. The summed E-state index contributed by atoms with van der Waals surface area (Å²) >= 11 is 0. The molecule has 0 amide bonds. The molecule has 2 heterocycles. The average molecular weight is 418 g/mol. The first-order valence-electron chi connectivity index (χ1n) is 9.42. The third kappa shape index (κ3) is 3.58. The van der Waals surface area contributed by atoms with Crippen LogP contribution in [0.5, 0.6) is 11.5 Å². The summed E-state index contributed by atoms with van der Waals surface area (Å²) < 4.78 is 51.7. The van der Waals surface area contributed by atoms with Crippen molar-refractivity contribution in [2.45, 2.75) is 23.7 Å². The molecule has 0 saturated carbocycles. The quantitative estimate of drug-likeness (QED) is 0.682. The second-order valence-corrected chi connectivity index (χ2v) is 9.07. The predicted octanol–water partition coefficient (Wildman–Crippen LogP) is 3.89. The van der Waals surface area contributed by atoms with Gasteiger partial charge in [0.1, 0.15) is 5.82 Å². The van der Waals surface area contributed by atoms with Crippen molar-refractivity contribution in [3.05, 3.63) is 54.0 Å². The Labute approximate surface area is 169 Å².